The number of carbonyl (C=O) groups excluding carboxylic acids is 1. The van der Waals surface area contributed by atoms with Gasteiger partial charge in [0.1, 0.15) is 5.76 Å². The Balaban J connectivity index is 1.39. The molecule has 2 aromatic rings. The number of rotatable bonds is 5. The van der Waals surface area contributed by atoms with Crippen LogP contribution < -0.4 is 10.9 Å². The van der Waals surface area contributed by atoms with Crippen molar-refractivity contribution >= 4 is 5.91 Å². The van der Waals surface area contributed by atoms with Gasteiger partial charge in [0.15, 0.2) is 5.69 Å². The summed E-state index contributed by atoms with van der Waals surface area (Å²) in [5.74, 6) is 1.11. The van der Waals surface area contributed by atoms with Crippen LogP contribution in [0.2, 0.25) is 0 Å². The monoisotopic (exact) mass is 398 g/mol. The summed E-state index contributed by atoms with van der Waals surface area (Å²) in [5.41, 5.74) is 9.04. The molecule has 2 aliphatic heterocycles. The van der Waals surface area contributed by atoms with Crippen molar-refractivity contribution in [1.29, 1.82) is 0 Å². The van der Waals surface area contributed by atoms with Crippen molar-refractivity contribution < 1.29 is 9.32 Å². The van der Waals surface area contributed by atoms with Gasteiger partial charge in [-0.05, 0) is 45.2 Å². The summed E-state index contributed by atoms with van der Waals surface area (Å²) >= 11 is 0. The predicted octanol–water partition coefficient (Wildman–Crippen LogP) is 1.38. The van der Waals surface area contributed by atoms with E-state index < -0.39 is 0 Å². The molecule has 4 heterocycles. The summed E-state index contributed by atoms with van der Waals surface area (Å²) < 4.78 is 5.43. The number of hydrazine groups is 1. The fourth-order valence-corrected chi connectivity index (χ4v) is 4.28. The number of amides is 1. The molecule has 4 rings (SSSR count). The Kier molecular flexibility index (Phi) is 5.94. The van der Waals surface area contributed by atoms with Crippen LogP contribution in [0.1, 0.15) is 41.4 Å². The minimum absolute atomic E-state index is 0.0199. The van der Waals surface area contributed by atoms with Crippen molar-refractivity contribution in [2.75, 3.05) is 26.2 Å². The number of hydrogen-bond donors (Lipinski definition) is 2. The van der Waals surface area contributed by atoms with Gasteiger partial charge in [0.05, 0.1) is 5.69 Å². The van der Waals surface area contributed by atoms with Gasteiger partial charge >= 0.3 is 0 Å². The quantitative estimate of drug-likeness (QED) is 0.787. The van der Waals surface area contributed by atoms with E-state index in [0.29, 0.717) is 36.8 Å². The molecule has 2 saturated heterocycles. The molecule has 0 radical (unpaired) electrons. The van der Waals surface area contributed by atoms with Gasteiger partial charge in [0.2, 0.25) is 0 Å². The van der Waals surface area contributed by atoms with Gasteiger partial charge in [-0.1, -0.05) is 11.2 Å². The van der Waals surface area contributed by atoms with E-state index in [4.69, 9.17) is 4.52 Å². The number of nitrogens with one attached hydrogen (secondary N) is 2. The first-order chi connectivity index (χ1) is 14.0. The first kappa shape index (κ1) is 20.0. The highest BCUT2D eigenvalue weighted by Gasteiger charge is 2.34. The van der Waals surface area contributed by atoms with Crippen LogP contribution in [0.3, 0.4) is 0 Å². The summed E-state index contributed by atoms with van der Waals surface area (Å²) in [6, 6.07) is 6.64. The smallest absolute Gasteiger partial charge is 0.276 e. The van der Waals surface area contributed by atoms with Gasteiger partial charge in [-0.2, -0.15) is 0 Å². The van der Waals surface area contributed by atoms with E-state index in [1.165, 1.54) is 0 Å². The van der Waals surface area contributed by atoms with E-state index in [0.717, 1.165) is 43.1 Å². The molecule has 0 bridgehead atoms. The topological polar surface area (TPSA) is 86.5 Å². The fourth-order valence-electron chi connectivity index (χ4n) is 4.28. The third-order valence-corrected chi connectivity index (χ3v) is 6.22. The van der Waals surface area contributed by atoms with Crippen molar-refractivity contribution in [3.63, 3.8) is 0 Å². The minimum atomic E-state index is -0.0199. The van der Waals surface area contributed by atoms with Crippen molar-refractivity contribution in [3.8, 4) is 0 Å². The van der Waals surface area contributed by atoms with Gasteiger partial charge in [-0.15, -0.1) is 0 Å². The van der Waals surface area contributed by atoms with Crippen LogP contribution in [0.5, 0.6) is 0 Å². The van der Waals surface area contributed by atoms with Crippen LogP contribution in [0.4, 0.5) is 0 Å². The molecule has 2 atom stereocenters. The van der Waals surface area contributed by atoms with Crippen LogP contribution in [-0.4, -0.2) is 64.1 Å². The highest BCUT2D eigenvalue weighted by Crippen LogP contribution is 2.25. The zero-order valence-corrected chi connectivity index (χ0v) is 17.4. The molecule has 8 heteroatoms. The third kappa shape index (κ3) is 4.34. The van der Waals surface area contributed by atoms with Crippen LogP contribution in [-0.2, 0) is 13.0 Å². The first-order valence-electron chi connectivity index (χ1n) is 10.4. The second-order valence-corrected chi connectivity index (χ2v) is 8.19. The predicted molar refractivity (Wildman–Crippen MR) is 109 cm³/mol. The third-order valence-electron chi connectivity index (χ3n) is 6.22. The van der Waals surface area contributed by atoms with Gasteiger partial charge in [-0.3, -0.25) is 25.5 Å². The van der Waals surface area contributed by atoms with E-state index in [9.17, 15) is 4.79 Å². The average molecular weight is 399 g/mol. The van der Waals surface area contributed by atoms with Gasteiger partial charge in [0.25, 0.3) is 5.91 Å². The zero-order chi connectivity index (χ0) is 20.4. The first-order valence-corrected chi connectivity index (χ1v) is 10.4. The van der Waals surface area contributed by atoms with Crippen molar-refractivity contribution in [2.45, 2.75) is 45.8 Å². The standard InChI is InChI=1S/C21H30N6O2/c1-14-18(15(2)24-23-14)12-19-16(3)29-25-20(19)21(28)27-10-8-26(9-11-27)13-17-6-4-5-7-22-17/h4-7,14-15,18,23-24H,8-13H2,1-3H3. The maximum absolute atomic E-state index is 13.2. The minimum Gasteiger partial charge on any atom is -0.361 e. The maximum atomic E-state index is 13.2. The molecule has 2 fully saturated rings. The summed E-state index contributed by atoms with van der Waals surface area (Å²) in [7, 11) is 0. The summed E-state index contributed by atoms with van der Waals surface area (Å²) in [5, 5.41) is 4.14. The molecular formula is C21H30N6O2. The molecule has 2 aromatic heterocycles. The Morgan fingerprint density at radius 1 is 1.17 bits per heavy atom. The second-order valence-electron chi connectivity index (χ2n) is 8.19. The van der Waals surface area contributed by atoms with Crippen LogP contribution in [0.25, 0.3) is 0 Å². The fraction of sp³-hybridized carbons (Fsp3) is 0.571. The van der Waals surface area contributed by atoms with Gasteiger partial charge in [0, 0.05) is 56.6 Å². The SMILES string of the molecule is Cc1onc(C(=O)N2CCN(Cc3ccccn3)CC2)c1CC1C(C)NNC1C. The Morgan fingerprint density at radius 2 is 1.90 bits per heavy atom. The van der Waals surface area contributed by atoms with E-state index in [2.05, 4.69) is 39.7 Å². The summed E-state index contributed by atoms with van der Waals surface area (Å²) in [6.45, 7) is 10.1. The number of pyridine rings is 1. The maximum Gasteiger partial charge on any atom is 0.276 e. The molecular weight excluding hydrogens is 368 g/mol. The molecule has 29 heavy (non-hydrogen) atoms. The Morgan fingerprint density at radius 3 is 2.55 bits per heavy atom. The lowest BCUT2D eigenvalue weighted by Gasteiger charge is -2.34. The molecule has 0 aromatic carbocycles. The molecule has 2 aliphatic rings. The molecule has 2 unspecified atom stereocenters. The molecule has 0 saturated carbocycles. The largest absolute Gasteiger partial charge is 0.361 e. The molecule has 8 nitrogen and oxygen atoms in total. The van der Waals surface area contributed by atoms with Crippen LogP contribution in [0.15, 0.2) is 28.9 Å². The summed E-state index contributed by atoms with van der Waals surface area (Å²) in [4.78, 5) is 21.8. The van der Waals surface area contributed by atoms with Crippen molar-refractivity contribution in [3.05, 3.63) is 47.1 Å². The number of hydrogen-bond acceptors (Lipinski definition) is 7. The Bertz CT molecular complexity index is 821. The summed E-state index contributed by atoms with van der Waals surface area (Å²) in [6.07, 6.45) is 2.60. The van der Waals surface area contributed by atoms with Crippen molar-refractivity contribution in [1.82, 2.24) is 30.8 Å². The van der Waals surface area contributed by atoms with Gasteiger partial charge in [-0.25, -0.2) is 0 Å². The molecule has 0 spiro atoms. The lowest BCUT2D eigenvalue weighted by Crippen LogP contribution is -2.48. The molecule has 0 aliphatic carbocycles. The lowest BCUT2D eigenvalue weighted by atomic mass is 9.88. The number of aromatic nitrogens is 2. The number of carbonyl (C=O) groups is 1. The number of aryl methyl sites for hydroxylation is 1. The Hall–Kier alpha value is -2.29. The molecule has 2 N–H and O–H groups in total. The van der Waals surface area contributed by atoms with E-state index in [1.807, 2.05) is 36.2 Å². The van der Waals surface area contributed by atoms with Crippen molar-refractivity contribution in [2.24, 2.45) is 5.92 Å². The van der Waals surface area contributed by atoms with Gasteiger partial charge < -0.3 is 9.42 Å². The lowest BCUT2D eigenvalue weighted by molar-refractivity contribution is 0.0616. The highest BCUT2D eigenvalue weighted by molar-refractivity contribution is 5.94. The van der Waals surface area contributed by atoms with E-state index in [-0.39, 0.29) is 5.91 Å². The average Bonchev–Trinajstić information content (AvgIpc) is 3.26. The number of nitrogens with zero attached hydrogens (tertiary/aromatic N) is 4. The Labute approximate surface area is 171 Å². The van der Waals surface area contributed by atoms with Crippen LogP contribution in [0, 0.1) is 12.8 Å². The van der Waals surface area contributed by atoms with Crippen LogP contribution >= 0.6 is 0 Å². The molecule has 156 valence electrons. The number of piperazine rings is 1. The zero-order valence-electron chi connectivity index (χ0n) is 17.4. The van der Waals surface area contributed by atoms with E-state index >= 15 is 0 Å². The normalized spacial score (nSPS) is 25.5. The van der Waals surface area contributed by atoms with E-state index in [1.54, 1.807) is 0 Å². The highest BCUT2D eigenvalue weighted by atomic mass is 16.5. The second kappa shape index (κ2) is 8.61. The molecule has 1 amide bonds.